The Morgan fingerprint density at radius 2 is 1.79 bits per heavy atom. The number of carbonyl (C=O) groups is 1. The number of hydrogen-bond acceptors (Lipinski definition) is 6. The number of aromatic nitrogens is 4. The van der Waals surface area contributed by atoms with Gasteiger partial charge in [-0.2, -0.15) is 9.78 Å². The van der Waals surface area contributed by atoms with Crippen molar-refractivity contribution in [1.82, 2.24) is 19.7 Å². The summed E-state index contributed by atoms with van der Waals surface area (Å²) in [7, 11) is 3.24. The number of aryl methyl sites for hydroxylation is 1. The number of nitrogens with one attached hydrogen (secondary N) is 2. The van der Waals surface area contributed by atoms with Gasteiger partial charge in [-0.1, -0.05) is 44.7 Å². The molecule has 1 aliphatic rings. The average Bonchev–Trinajstić information content (AvgIpc) is 3.50. The summed E-state index contributed by atoms with van der Waals surface area (Å²) in [6, 6.07) is 11.7. The molecule has 9 heteroatoms. The molecule has 1 unspecified atom stereocenters. The highest BCUT2D eigenvalue weighted by Crippen LogP contribution is 2.46. The van der Waals surface area contributed by atoms with E-state index < -0.39 is 0 Å². The molecule has 1 atom stereocenters. The molecule has 1 amide bonds. The summed E-state index contributed by atoms with van der Waals surface area (Å²) in [4.78, 5) is 20.9. The van der Waals surface area contributed by atoms with Crippen molar-refractivity contribution in [3.05, 3.63) is 53.2 Å². The molecule has 2 aromatic heterocycles. The van der Waals surface area contributed by atoms with Crippen molar-refractivity contribution in [2.45, 2.75) is 58.3 Å². The number of fused-ring (bicyclic) bond motifs is 2. The van der Waals surface area contributed by atoms with E-state index in [0.717, 1.165) is 40.7 Å². The Hall–Kier alpha value is -4.01. The predicted octanol–water partition coefficient (Wildman–Crippen LogP) is 5.90. The maximum Gasteiger partial charge on any atom is 0.231 e. The Bertz CT molecular complexity index is 1380. The smallest absolute Gasteiger partial charge is 0.231 e. The fourth-order valence-corrected chi connectivity index (χ4v) is 5.15. The molecule has 9 nitrogen and oxygen atoms in total. The first-order valence-corrected chi connectivity index (χ1v) is 13.3. The molecule has 0 spiro atoms. The number of H-pyrrole nitrogens is 1. The number of aromatic amines is 1. The van der Waals surface area contributed by atoms with Crippen LogP contribution in [0.4, 0.5) is 5.82 Å². The summed E-state index contributed by atoms with van der Waals surface area (Å²) in [6.07, 6.45) is 6.04. The van der Waals surface area contributed by atoms with E-state index in [-0.39, 0.29) is 18.2 Å². The first kappa shape index (κ1) is 25.6. The molecule has 1 aliphatic heterocycles. The molecule has 0 radical (unpaired) electrons. The molecule has 5 rings (SSSR count). The van der Waals surface area contributed by atoms with Crippen LogP contribution in [0.5, 0.6) is 17.2 Å². The number of carbonyl (C=O) groups excluding carboxylic acids is 1. The van der Waals surface area contributed by atoms with Crippen LogP contribution in [0.3, 0.4) is 0 Å². The number of amides is 1. The highest BCUT2D eigenvalue weighted by atomic mass is 16.5. The lowest BCUT2D eigenvalue weighted by molar-refractivity contribution is -0.116. The van der Waals surface area contributed by atoms with E-state index in [2.05, 4.69) is 22.2 Å². The number of methoxy groups -OCH3 is 2. The third kappa shape index (κ3) is 4.92. The highest BCUT2D eigenvalue weighted by molar-refractivity contribution is 5.95. The predicted molar refractivity (Wildman–Crippen MR) is 147 cm³/mol. The standard InChI is InChI=1S/C29H35N5O4/c1-5-6-7-8-11-14-38-27-23(36-3)15-19(16-24(27)37-4)20-17-25(35)32-28-26(20)18(2)33-34(28)29-30-21-12-9-10-13-22(21)31-29/h9-10,12-13,15-16,20H,5-8,11,14,17H2,1-4H3,(H,30,31)(H,32,35). The van der Waals surface area contributed by atoms with Crippen LogP contribution in [0, 0.1) is 6.92 Å². The number of unbranched alkanes of at least 4 members (excludes halogenated alkanes) is 4. The van der Waals surface area contributed by atoms with E-state index >= 15 is 0 Å². The normalized spacial score (nSPS) is 14.8. The van der Waals surface area contributed by atoms with E-state index in [1.54, 1.807) is 18.9 Å². The second kappa shape index (κ2) is 11.2. The van der Waals surface area contributed by atoms with Gasteiger partial charge < -0.3 is 24.5 Å². The number of nitrogens with zero attached hydrogens (tertiary/aromatic N) is 3. The van der Waals surface area contributed by atoms with E-state index in [0.29, 0.717) is 35.6 Å². The van der Waals surface area contributed by atoms with Crippen molar-refractivity contribution >= 4 is 22.8 Å². The summed E-state index contributed by atoms with van der Waals surface area (Å²) in [5.41, 5.74) is 4.39. The van der Waals surface area contributed by atoms with Crippen molar-refractivity contribution in [3.63, 3.8) is 0 Å². The first-order chi connectivity index (χ1) is 18.5. The molecule has 0 fully saturated rings. The molecule has 3 heterocycles. The minimum Gasteiger partial charge on any atom is -0.493 e. The van der Waals surface area contributed by atoms with E-state index in [9.17, 15) is 4.79 Å². The molecule has 38 heavy (non-hydrogen) atoms. The monoisotopic (exact) mass is 517 g/mol. The molecular formula is C29H35N5O4. The Morgan fingerprint density at radius 1 is 1.05 bits per heavy atom. The number of anilines is 1. The van der Waals surface area contributed by atoms with Gasteiger partial charge in [0, 0.05) is 17.9 Å². The molecule has 2 aromatic carbocycles. The minimum absolute atomic E-state index is 0.0925. The van der Waals surface area contributed by atoms with Gasteiger partial charge in [-0.05, 0) is 43.2 Å². The molecule has 200 valence electrons. The van der Waals surface area contributed by atoms with Crippen LogP contribution >= 0.6 is 0 Å². The molecule has 4 aromatic rings. The van der Waals surface area contributed by atoms with Gasteiger partial charge in [-0.3, -0.25) is 4.79 Å². The van der Waals surface area contributed by atoms with Gasteiger partial charge in [-0.25, -0.2) is 4.98 Å². The van der Waals surface area contributed by atoms with Crippen molar-refractivity contribution in [3.8, 4) is 23.2 Å². The zero-order valence-electron chi connectivity index (χ0n) is 22.5. The van der Waals surface area contributed by atoms with Crippen molar-refractivity contribution in [2.75, 3.05) is 26.1 Å². The number of benzene rings is 2. The zero-order valence-corrected chi connectivity index (χ0v) is 22.5. The lowest BCUT2D eigenvalue weighted by atomic mass is 9.85. The Balaban J connectivity index is 1.49. The van der Waals surface area contributed by atoms with E-state index in [4.69, 9.17) is 19.3 Å². The fourth-order valence-electron chi connectivity index (χ4n) is 5.15. The van der Waals surface area contributed by atoms with Gasteiger partial charge in [0.15, 0.2) is 11.5 Å². The minimum atomic E-state index is -0.234. The maximum absolute atomic E-state index is 12.9. The third-order valence-corrected chi connectivity index (χ3v) is 7.06. The molecule has 2 N–H and O–H groups in total. The van der Waals surface area contributed by atoms with Gasteiger partial charge >= 0.3 is 0 Å². The van der Waals surface area contributed by atoms with Gasteiger partial charge in [0.25, 0.3) is 0 Å². The van der Waals surface area contributed by atoms with Gasteiger partial charge in [0.1, 0.15) is 5.82 Å². The number of para-hydroxylation sites is 2. The van der Waals surface area contributed by atoms with Crippen LogP contribution in [0.25, 0.3) is 17.0 Å². The second-order valence-electron chi connectivity index (χ2n) is 9.66. The van der Waals surface area contributed by atoms with Crippen LogP contribution in [0.1, 0.15) is 68.2 Å². The summed E-state index contributed by atoms with van der Waals surface area (Å²) in [6.45, 7) is 4.75. The largest absolute Gasteiger partial charge is 0.493 e. The van der Waals surface area contributed by atoms with Crippen molar-refractivity contribution in [1.29, 1.82) is 0 Å². The number of hydrogen-bond donors (Lipinski definition) is 2. The highest BCUT2D eigenvalue weighted by Gasteiger charge is 2.34. The van der Waals surface area contributed by atoms with E-state index in [1.165, 1.54) is 19.3 Å². The molecule has 0 saturated heterocycles. The summed E-state index contributed by atoms with van der Waals surface area (Å²) < 4.78 is 19.3. The molecule has 0 bridgehead atoms. The lowest BCUT2D eigenvalue weighted by Crippen LogP contribution is -2.25. The third-order valence-electron chi connectivity index (χ3n) is 7.06. The van der Waals surface area contributed by atoms with Crippen molar-refractivity contribution < 1.29 is 19.0 Å². The topological polar surface area (TPSA) is 103 Å². The number of ether oxygens (including phenoxy) is 3. The first-order valence-electron chi connectivity index (χ1n) is 13.3. The molecular weight excluding hydrogens is 482 g/mol. The second-order valence-corrected chi connectivity index (χ2v) is 9.66. The van der Waals surface area contributed by atoms with Crippen LogP contribution in [-0.2, 0) is 4.79 Å². The number of rotatable bonds is 11. The number of imidazole rings is 1. The molecule has 0 aliphatic carbocycles. The SMILES string of the molecule is CCCCCCCOc1c(OC)cc(C2CC(=O)Nc3c2c(C)nn3-c2nc3ccccc3[nH]2)cc1OC. The van der Waals surface area contributed by atoms with Crippen LogP contribution in [0.2, 0.25) is 0 Å². The average molecular weight is 518 g/mol. The summed E-state index contributed by atoms with van der Waals surface area (Å²) in [5.74, 6) is 2.60. The van der Waals surface area contributed by atoms with Crippen LogP contribution < -0.4 is 19.5 Å². The summed E-state index contributed by atoms with van der Waals surface area (Å²) >= 11 is 0. The fraction of sp³-hybridized carbons (Fsp3) is 0.414. The zero-order chi connectivity index (χ0) is 26.6. The summed E-state index contributed by atoms with van der Waals surface area (Å²) in [5, 5.41) is 7.79. The maximum atomic E-state index is 12.9. The van der Waals surface area contributed by atoms with Crippen LogP contribution in [-0.4, -0.2) is 46.5 Å². The van der Waals surface area contributed by atoms with Crippen LogP contribution in [0.15, 0.2) is 36.4 Å². The van der Waals surface area contributed by atoms with Crippen molar-refractivity contribution in [2.24, 2.45) is 0 Å². The van der Waals surface area contributed by atoms with Gasteiger partial charge in [0.2, 0.25) is 17.6 Å². The van der Waals surface area contributed by atoms with Gasteiger partial charge in [0.05, 0.1) is 37.6 Å². The lowest BCUT2D eigenvalue weighted by Gasteiger charge is -2.25. The Kier molecular flexibility index (Phi) is 7.53. The molecule has 0 saturated carbocycles. The van der Waals surface area contributed by atoms with E-state index in [1.807, 2.05) is 43.3 Å². The quantitative estimate of drug-likeness (QED) is 0.240. The van der Waals surface area contributed by atoms with Gasteiger partial charge in [-0.15, -0.1) is 0 Å². The Morgan fingerprint density at radius 3 is 2.50 bits per heavy atom. The Labute approximate surface area is 222 Å².